The molecule has 0 aliphatic heterocycles. The van der Waals surface area contributed by atoms with E-state index >= 15 is 0 Å². The van der Waals surface area contributed by atoms with Gasteiger partial charge in [-0.1, -0.05) is 0 Å². The summed E-state index contributed by atoms with van der Waals surface area (Å²) in [6.45, 7) is 5.65. The second kappa shape index (κ2) is 7.77. The summed E-state index contributed by atoms with van der Waals surface area (Å²) in [7, 11) is 1.38. The van der Waals surface area contributed by atoms with Gasteiger partial charge in [-0.25, -0.2) is 9.18 Å². The third kappa shape index (κ3) is 4.34. The first-order valence-electron chi connectivity index (χ1n) is 8.60. The zero-order valence-corrected chi connectivity index (χ0v) is 15.5. The Morgan fingerprint density at radius 1 is 1.42 bits per heavy atom. The van der Waals surface area contributed by atoms with E-state index in [0.717, 1.165) is 6.07 Å². The van der Waals surface area contributed by atoms with Gasteiger partial charge in [0, 0.05) is 23.7 Å². The number of carbonyl (C=O) groups is 1. The van der Waals surface area contributed by atoms with Crippen LogP contribution in [0.15, 0.2) is 6.07 Å². The standard InChI is InChI=1S/C18H25FN4O3/c1-18(2,3)23(17(24)25)13-7-5-12(6-8-13)21-15-14(19)9-11(10-20)16(22-15)26-4/h9,12-13H,5-8H2,1-4H3,(H,21,22)(H,24,25)/t12-,13-. The minimum atomic E-state index is -0.918. The zero-order valence-electron chi connectivity index (χ0n) is 15.5. The van der Waals surface area contributed by atoms with Crippen LogP contribution in [0, 0.1) is 17.1 Å². The number of aromatic nitrogens is 1. The fourth-order valence-electron chi connectivity index (χ4n) is 3.47. The number of pyridine rings is 1. The van der Waals surface area contributed by atoms with Gasteiger partial charge in [0.15, 0.2) is 11.6 Å². The molecule has 1 amide bonds. The maximum atomic E-state index is 14.2. The minimum absolute atomic E-state index is 0.0125. The molecule has 1 aromatic heterocycles. The van der Waals surface area contributed by atoms with Crippen molar-refractivity contribution in [1.82, 2.24) is 9.88 Å². The van der Waals surface area contributed by atoms with Gasteiger partial charge in [0.1, 0.15) is 11.6 Å². The van der Waals surface area contributed by atoms with Gasteiger partial charge in [0.25, 0.3) is 0 Å². The van der Waals surface area contributed by atoms with Crippen molar-refractivity contribution in [3.63, 3.8) is 0 Å². The van der Waals surface area contributed by atoms with Crippen molar-refractivity contribution in [2.45, 2.75) is 64.1 Å². The molecular weight excluding hydrogens is 339 g/mol. The molecule has 0 aromatic carbocycles. The maximum absolute atomic E-state index is 14.2. The third-order valence-corrected chi connectivity index (χ3v) is 4.59. The average Bonchev–Trinajstić information content (AvgIpc) is 2.56. The van der Waals surface area contributed by atoms with Crippen molar-refractivity contribution >= 4 is 11.9 Å². The van der Waals surface area contributed by atoms with Crippen LogP contribution in [0.1, 0.15) is 52.0 Å². The zero-order chi connectivity index (χ0) is 19.5. The van der Waals surface area contributed by atoms with Gasteiger partial charge in [-0.15, -0.1) is 0 Å². The van der Waals surface area contributed by atoms with Crippen molar-refractivity contribution in [3.05, 3.63) is 17.4 Å². The normalized spacial score (nSPS) is 20.2. The number of rotatable bonds is 4. The third-order valence-electron chi connectivity index (χ3n) is 4.59. The topological polar surface area (TPSA) is 98.5 Å². The molecule has 0 saturated heterocycles. The molecule has 26 heavy (non-hydrogen) atoms. The quantitative estimate of drug-likeness (QED) is 0.847. The summed E-state index contributed by atoms with van der Waals surface area (Å²) in [6, 6.07) is 2.88. The van der Waals surface area contributed by atoms with Crippen LogP contribution in [0.5, 0.6) is 5.88 Å². The van der Waals surface area contributed by atoms with Gasteiger partial charge in [0.2, 0.25) is 5.88 Å². The average molecular weight is 364 g/mol. The summed E-state index contributed by atoms with van der Waals surface area (Å²) in [5, 5.41) is 21.5. The number of carboxylic acid groups (broad SMARTS) is 1. The summed E-state index contributed by atoms with van der Waals surface area (Å²) in [5.74, 6) is -0.476. The Labute approximate surface area is 152 Å². The second-order valence-electron chi connectivity index (χ2n) is 7.46. The Morgan fingerprint density at radius 2 is 2.04 bits per heavy atom. The van der Waals surface area contributed by atoms with E-state index in [1.165, 1.54) is 12.0 Å². The highest BCUT2D eigenvalue weighted by Gasteiger charge is 2.35. The van der Waals surface area contributed by atoms with Crippen molar-refractivity contribution in [3.8, 4) is 11.9 Å². The highest BCUT2D eigenvalue weighted by Crippen LogP contribution is 2.31. The maximum Gasteiger partial charge on any atom is 0.407 e. The molecule has 1 fully saturated rings. The number of methoxy groups -OCH3 is 1. The summed E-state index contributed by atoms with van der Waals surface area (Å²) < 4.78 is 19.2. The van der Waals surface area contributed by atoms with Gasteiger partial charge >= 0.3 is 6.09 Å². The molecule has 1 aromatic rings. The Kier molecular flexibility index (Phi) is 5.90. The Morgan fingerprint density at radius 3 is 2.50 bits per heavy atom. The Balaban J connectivity index is 2.05. The summed E-state index contributed by atoms with van der Waals surface area (Å²) in [5.41, 5.74) is -0.424. The lowest BCUT2D eigenvalue weighted by Gasteiger charge is -2.42. The number of nitriles is 1. The molecule has 7 nitrogen and oxygen atoms in total. The minimum Gasteiger partial charge on any atom is -0.480 e. The van der Waals surface area contributed by atoms with Crippen LogP contribution < -0.4 is 10.1 Å². The smallest absolute Gasteiger partial charge is 0.407 e. The summed E-state index contributed by atoms with van der Waals surface area (Å²) in [4.78, 5) is 17.2. The van der Waals surface area contributed by atoms with Crippen molar-refractivity contribution in [1.29, 1.82) is 5.26 Å². The fraction of sp³-hybridized carbons (Fsp3) is 0.611. The molecule has 1 saturated carbocycles. The number of ether oxygens (including phenoxy) is 1. The van der Waals surface area contributed by atoms with Gasteiger partial charge < -0.3 is 20.1 Å². The van der Waals surface area contributed by atoms with Gasteiger partial charge in [0.05, 0.1) is 7.11 Å². The SMILES string of the molecule is COc1nc(N[C@H]2CC[C@H](N(C(=O)O)C(C)(C)C)CC2)c(F)cc1C#N. The lowest BCUT2D eigenvalue weighted by Crippen LogP contribution is -2.52. The highest BCUT2D eigenvalue weighted by molar-refractivity contribution is 5.66. The molecular formula is C18H25FN4O3. The largest absolute Gasteiger partial charge is 0.480 e. The van der Waals surface area contributed by atoms with Gasteiger partial charge in [-0.2, -0.15) is 10.2 Å². The number of anilines is 1. The van der Waals surface area contributed by atoms with Crippen LogP contribution in [-0.2, 0) is 0 Å². The molecule has 0 bridgehead atoms. The number of amides is 1. The van der Waals surface area contributed by atoms with Crippen molar-refractivity contribution in [2.75, 3.05) is 12.4 Å². The predicted molar refractivity (Wildman–Crippen MR) is 94.7 cm³/mol. The first kappa shape index (κ1) is 19.8. The van der Waals surface area contributed by atoms with Crippen LogP contribution in [0.3, 0.4) is 0 Å². The van der Waals surface area contributed by atoms with E-state index in [1.54, 1.807) is 0 Å². The molecule has 1 heterocycles. The first-order valence-corrected chi connectivity index (χ1v) is 8.60. The molecule has 2 rings (SSSR count). The number of hydrogen-bond acceptors (Lipinski definition) is 5. The fourth-order valence-corrected chi connectivity index (χ4v) is 3.47. The number of nitrogens with one attached hydrogen (secondary N) is 1. The van der Waals surface area contributed by atoms with Crippen molar-refractivity contribution in [2.24, 2.45) is 0 Å². The molecule has 2 N–H and O–H groups in total. The summed E-state index contributed by atoms with van der Waals surface area (Å²) in [6.07, 6.45) is 1.87. The lowest BCUT2D eigenvalue weighted by molar-refractivity contribution is 0.0556. The van der Waals surface area contributed by atoms with E-state index in [1.807, 2.05) is 26.8 Å². The molecule has 0 spiro atoms. The van der Waals surface area contributed by atoms with Crippen LogP contribution in [-0.4, -0.2) is 45.8 Å². The second-order valence-corrected chi connectivity index (χ2v) is 7.46. The summed E-state index contributed by atoms with van der Waals surface area (Å²) >= 11 is 0. The monoisotopic (exact) mass is 364 g/mol. The van der Waals surface area contributed by atoms with Crippen LogP contribution >= 0.6 is 0 Å². The Hall–Kier alpha value is -2.56. The lowest BCUT2D eigenvalue weighted by atomic mass is 9.88. The molecule has 0 atom stereocenters. The van der Waals surface area contributed by atoms with E-state index in [9.17, 15) is 14.3 Å². The highest BCUT2D eigenvalue weighted by atomic mass is 19.1. The van der Waals surface area contributed by atoms with E-state index < -0.39 is 17.4 Å². The number of nitrogens with zero attached hydrogens (tertiary/aromatic N) is 3. The molecule has 1 aliphatic carbocycles. The molecule has 1 aliphatic rings. The van der Waals surface area contributed by atoms with Crippen LogP contribution in [0.2, 0.25) is 0 Å². The Bertz CT molecular complexity index is 704. The van der Waals surface area contributed by atoms with Crippen LogP contribution in [0.4, 0.5) is 15.0 Å². The molecule has 8 heteroatoms. The first-order chi connectivity index (χ1) is 12.2. The van der Waals surface area contributed by atoms with Crippen molar-refractivity contribution < 1.29 is 19.0 Å². The molecule has 142 valence electrons. The molecule has 0 radical (unpaired) electrons. The van der Waals surface area contributed by atoms with E-state index in [2.05, 4.69) is 10.3 Å². The van der Waals surface area contributed by atoms with Crippen LogP contribution in [0.25, 0.3) is 0 Å². The van der Waals surface area contributed by atoms with E-state index in [4.69, 9.17) is 10.00 Å². The van der Waals surface area contributed by atoms with Gasteiger partial charge in [-0.3, -0.25) is 0 Å². The molecule has 0 unspecified atom stereocenters. The number of halogens is 1. The number of hydrogen-bond donors (Lipinski definition) is 2. The van der Waals surface area contributed by atoms with Gasteiger partial charge in [-0.05, 0) is 46.5 Å². The predicted octanol–water partition coefficient (Wildman–Crippen LogP) is 3.60. The van der Waals surface area contributed by atoms with E-state index in [0.29, 0.717) is 25.7 Å². The van der Waals surface area contributed by atoms with E-state index in [-0.39, 0.29) is 29.3 Å².